The van der Waals surface area contributed by atoms with Crippen molar-refractivity contribution in [1.29, 1.82) is 0 Å². The van der Waals surface area contributed by atoms with E-state index in [2.05, 4.69) is 10.1 Å². The molecule has 126 valence electrons. The number of amides is 1. The lowest BCUT2D eigenvalue weighted by Gasteiger charge is -2.16. The summed E-state index contributed by atoms with van der Waals surface area (Å²) in [6, 6.07) is 5.41. The van der Waals surface area contributed by atoms with E-state index < -0.39 is 28.4 Å². The van der Waals surface area contributed by atoms with Crippen LogP contribution in [-0.4, -0.2) is 57.6 Å². The smallest absolute Gasteiger partial charge is 0.325 e. The van der Waals surface area contributed by atoms with Crippen molar-refractivity contribution in [1.82, 2.24) is 9.62 Å². The van der Waals surface area contributed by atoms with Crippen molar-refractivity contribution in [3.63, 3.8) is 0 Å². The minimum atomic E-state index is -3.88. The van der Waals surface area contributed by atoms with Gasteiger partial charge in [0.15, 0.2) is 5.78 Å². The number of esters is 1. The molecular formula is C14H18N2O6S. The Balaban J connectivity index is 2.77. The van der Waals surface area contributed by atoms with E-state index >= 15 is 0 Å². The molecule has 0 radical (unpaired) electrons. The minimum absolute atomic E-state index is 0.0363. The number of benzene rings is 1. The quantitative estimate of drug-likeness (QED) is 0.543. The van der Waals surface area contributed by atoms with Gasteiger partial charge in [-0.15, -0.1) is 0 Å². The maximum absolute atomic E-state index is 12.3. The van der Waals surface area contributed by atoms with Crippen LogP contribution in [0.3, 0.4) is 0 Å². The summed E-state index contributed by atoms with van der Waals surface area (Å²) in [6.07, 6.45) is 0. The summed E-state index contributed by atoms with van der Waals surface area (Å²) in [5.74, 6) is -1.45. The summed E-state index contributed by atoms with van der Waals surface area (Å²) < 4.78 is 29.8. The van der Waals surface area contributed by atoms with Crippen LogP contribution in [0.2, 0.25) is 0 Å². The maximum atomic E-state index is 12.3. The van der Waals surface area contributed by atoms with E-state index in [1.54, 1.807) is 0 Å². The number of nitrogens with zero attached hydrogens (tertiary/aromatic N) is 1. The van der Waals surface area contributed by atoms with Crippen molar-refractivity contribution in [3.8, 4) is 0 Å². The normalized spacial score (nSPS) is 11.1. The monoisotopic (exact) mass is 342 g/mol. The van der Waals surface area contributed by atoms with Gasteiger partial charge in [0.25, 0.3) is 0 Å². The summed E-state index contributed by atoms with van der Waals surface area (Å²) in [7, 11) is -1.46. The summed E-state index contributed by atoms with van der Waals surface area (Å²) in [4.78, 5) is 33.7. The van der Waals surface area contributed by atoms with Crippen LogP contribution in [0.4, 0.5) is 0 Å². The molecule has 0 heterocycles. The number of methoxy groups -OCH3 is 1. The van der Waals surface area contributed by atoms with Gasteiger partial charge in [-0.25, -0.2) is 8.42 Å². The van der Waals surface area contributed by atoms with E-state index in [-0.39, 0.29) is 17.2 Å². The summed E-state index contributed by atoms with van der Waals surface area (Å²) in [5, 5.41) is 2.25. The number of hydrogen-bond acceptors (Lipinski definition) is 6. The van der Waals surface area contributed by atoms with Crippen LogP contribution >= 0.6 is 0 Å². The Labute approximate surface area is 134 Å². The number of carbonyl (C=O) groups excluding carboxylic acids is 3. The molecule has 1 amide bonds. The Hall–Kier alpha value is -2.26. The van der Waals surface area contributed by atoms with Crippen LogP contribution in [0.1, 0.15) is 17.3 Å². The number of ketones is 1. The van der Waals surface area contributed by atoms with Crippen LogP contribution < -0.4 is 5.32 Å². The predicted molar refractivity (Wildman–Crippen MR) is 81.3 cm³/mol. The fraction of sp³-hybridized carbons (Fsp3) is 0.357. The average molecular weight is 342 g/mol. The first-order valence-electron chi connectivity index (χ1n) is 6.59. The van der Waals surface area contributed by atoms with Gasteiger partial charge in [0.1, 0.15) is 6.54 Å². The predicted octanol–water partition coefficient (Wildman–Crippen LogP) is -0.201. The Morgan fingerprint density at radius 1 is 1.17 bits per heavy atom. The fourth-order valence-electron chi connectivity index (χ4n) is 1.63. The summed E-state index contributed by atoms with van der Waals surface area (Å²) >= 11 is 0. The lowest BCUT2D eigenvalue weighted by Crippen LogP contribution is -2.40. The van der Waals surface area contributed by atoms with Gasteiger partial charge < -0.3 is 10.1 Å². The molecule has 0 atom stereocenters. The molecule has 0 aliphatic rings. The highest BCUT2D eigenvalue weighted by Gasteiger charge is 2.23. The third-order valence-electron chi connectivity index (χ3n) is 2.99. The van der Waals surface area contributed by atoms with E-state index in [1.807, 2.05) is 0 Å². The highest BCUT2D eigenvalue weighted by atomic mass is 32.2. The highest BCUT2D eigenvalue weighted by molar-refractivity contribution is 7.89. The second-order valence-corrected chi connectivity index (χ2v) is 6.74. The van der Waals surface area contributed by atoms with Crippen molar-refractivity contribution >= 4 is 27.7 Å². The molecule has 8 nitrogen and oxygen atoms in total. The molecule has 0 aliphatic carbocycles. The number of carbonyl (C=O) groups is 3. The summed E-state index contributed by atoms with van der Waals surface area (Å²) in [5.41, 5.74) is 0.391. The largest absolute Gasteiger partial charge is 0.468 e. The van der Waals surface area contributed by atoms with Gasteiger partial charge in [-0.1, -0.05) is 12.1 Å². The molecule has 1 aromatic carbocycles. The van der Waals surface area contributed by atoms with Crippen LogP contribution in [0.15, 0.2) is 29.2 Å². The highest BCUT2D eigenvalue weighted by Crippen LogP contribution is 2.15. The molecule has 0 unspecified atom stereocenters. The van der Waals surface area contributed by atoms with Crippen molar-refractivity contribution in [2.75, 3.05) is 27.2 Å². The third kappa shape index (κ3) is 5.15. The van der Waals surface area contributed by atoms with E-state index in [9.17, 15) is 22.8 Å². The zero-order valence-electron chi connectivity index (χ0n) is 13.0. The first-order chi connectivity index (χ1) is 10.7. The number of likely N-dealkylation sites (N-methyl/N-ethyl adjacent to an activating group) is 1. The van der Waals surface area contributed by atoms with Crippen LogP contribution in [-0.2, 0) is 24.3 Å². The number of nitrogens with one attached hydrogen (secondary N) is 1. The number of sulfonamides is 1. The number of rotatable bonds is 7. The van der Waals surface area contributed by atoms with Gasteiger partial charge in [-0.2, -0.15) is 4.31 Å². The molecule has 0 saturated heterocycles. The molecule has 0 saturated carbocycles. The second-order valence-electron chi connectivity index (χ2n) is 4.69. The van der Waals surface area contributed by atoms with Crippen molar-refractivity contribution < 1.29 is 27.5 Å². The fourth-order valence-corrected chi connectivity index (χ4v) is 2.75. The number of Topliss-reactive ketones (excluding diaryl/α,β-unsaturated/α-hetero) is 1. The molecular weight excluding hydrogens is 324 g/mol. The molecule has 1 N–H and O–H groups in total. The van der Waals surface area contributed by atoms with E-state index in [0.29, 0.717) is 5.56 Å². The Kier molecular flexibility index (Phi) is 6.40. The van der Waals surface area contributed by atoms with E-state index in [0.717, 1.165) is 4.31 Å². The Morgan fingerprint density at radius 3 is 2.22 bits per heavy atom. The third-order valence-corrected chi connectivity index (χ3v) is 4.81. The molecule has 1 rings (SSSR count). The number of hydrogen-bond donors (Lipinski definition) is 1. The Bertz CT molecular complexity index is 696. The standard InChI is InChI=1S/C14H18N2O6S/c1-10(17)11-4-6-12(7-5-11)23(20,21)16(2)9-13(18)15-8-14(19)22-3/h4-7H,8-9H2,1-3H3,(H,15,18). The molecule has 0 aromatic heterocycles. The molecule has 0 aliphatic heterocycles. The topological polar surface area (TPSA) is 110 Å². The van der Waals surface area contributed by atoms with Gasteiger partial charge in [-0.3, -0.25) is 14.4 Å². The molecule has 0 spiro atoms. The van der Waals surface area contributed by atoms with Gasteiger partial charge in [0.2, 0.25) is 15.9 Å². The van der Waals surface area contributed by atoms with Crippen LogP contribution in [0, 0.1) is 0 Å². The van der Waals surface area contributed by atoms with Crippen LogP contribution in [0.25, 0.3) is 0 Å². The van der Waals surface area contributed by atoms with E-state index in [4.69, 9.17) is 0 Å². The van der Waals surface area contributed by atoms with Gasteiger partial charge in [0, 0.05) is 12.6 Å². The van der Waals surface area contributed by atoms with Crippen molar-refractivity contribution in [2.24, 2.45) is 0 Å². The van der Waals surface area contributed by atoms with Crippen LogP contribution in [0.5, 0.6) is 0 Å². The van der Waals surface area contributed by atoms with Crippen molar-refractivity contribution in [2.45, 2.75) is 11.8 Å². The van der Waals surface area contributed by atoms with E-state index in [1.165, 1.54) is 45.3 Å². The Morgan fingerprint density at radius 2 is 1.74 bits per heavy atom. The number of ether oxygens (including phenoxy) is 1. The lowest BCUT2D eigenvalue weighted by molar-refractivity contribution is -0.141. The molecule has 0 bridgehead atoms. The minimum Gasteiger partial charge on any atom is -0.468 e. The van der Waals surface area contributed by atoms with Gasteiger partial charge in [-0.05, 0) is 19.1 Å². The zero-order chi connectivity index (χ0) is 17.6. The SMILES string of the molecule is COC(=O)CNC(=O)CN(C)S(=O)(=O)c1ccc(C(C)=O)cc1. The lowest BCUT2D eigenvalue weighted by atomic mass is 10.2. The maximum Gasteiger partial charge on any atom is 0.325 e. The molecule has 0 fully saturated rings. The molecule has 1 aromatic rings. The zero-order valence-corrected chi connectivity index (χ0v) is 13.8. The average Bonchev–Trinajstić information content (AvgIpc) is 2.52. The van der Waals surface area contributed by atoms with Crippen molar-refractivity contribution in [3.05, 3.63) is 29.8 Å². The first kappa shape index (κ1) is 18.8. The first-order valence-corrected chi connectivity index (χ1v) is 8.03. The summed E-state index contributed by atoms with van der Waals surface area (Å²) in [6.45, 7) is 0.589. The molecule has 23 heavy (non-hydrogen) atoms. The second kappa shape index (κ2) is 7.84. The molecule has 9 heteroatoms. The van der Waals surface area contributed by atoms with Gasteiger partial charge >= 0.3 is 5.97 Å². The van der Waals surface area contributed by atoms with Gasteiger partial charge in [0.05, 0.1) is 18.6 Å².